The van der Waals surface area contributed by atoms with Crippen molar-refractivity contribution >= 4 is 5.69 Å². The monoisotopic (exact) mass is 289 g/mol. The van der Waals surface area contributed by atoms with E-state index >= 15 is 0 Å². The van der Waals surface area contributed by atoms with Crippen LogP contribution in [0.3, 0.4) is 0 Å². The van der Waals surface area contributed by atoms with E-state index < -0.39 is 0 Å². The molecule has 3 nitrogen and oxygen atoms in total. The molecule has 0 bridgehead atoms. The van der Waals surface area contributed by atoms with Gasteiger partial charge < -0.3 is 5.32 Å². The average Bonchev–Trinajstić information content (AvgIpc) is 3.01. The number of nitrogens with zero attached hydrogens (tertiary/aromatic N) is 2. The Morgan fingerprint density at radius 1 is 1.10 bits per heavy atom. The molecule has 1 spiro atoms. The lowest BCUT2D eigenvalue weighted by atomic mass is 9.71. The van der Waals surface area contributed by atoms with Crippen molar-refractivity contribution < 1.29 is 0 Å². The highest BCUT2D eigenvalue weighted by Crippen LogP contribution is 2.49. The molecular formula is C18H31N3. The third kappa shape index (κ3) is 2.84. The predicted molar refractivity (Wildman–Crippen MR) is 88.9 cm³/mol. The quantitative estimate of drug-likeness (QED) is 0.849. The maximum atomic E-state index is 4.70. The number of aryl methyl sites for hydroxylation is 1. The Morgan fingerprint density at radius 3 is 2.24 bits per heavy atom. The summed E-state index contributed by atoms with van der Waals surface area (Å²) in [7, 11) is 0. The molecule has 1 aromatic rings. The summed E-state index contributed by atoms with van der Waals surface area (Å²) in [4.78, 5) is 0. The van der Waals surface area contributed by atoms with Gasteiger partial charge >= 0.3 is 0 Å². The topological polar surface area (TPSA) is 29.9 Å². The van der Waals surface area contributed by atoms with E-state index in [-0.39, 0.29) is 0 Å². The average molecular weight is 289 g/mol. The van der Waals surface area contributed by atoms with Crippen LogP contribution in [0.4, 0.5) is 5.69 Å². The van der Waals surface area contributed by atoms with E-state index in [1.54, 1.807) is 0 Å². The summed E-state index contributed by atoms with van der Waals surface area (Å²) in [5, 5.41) is 8.52. The summed E-state index contributed by atoms with van der Waals surface area (Å²) >= 11 is 0. The van der Waals surface area contributed by atoms with E-state index in [0.717, 1.165) is 11.1 Å². The van der Waals surface area contributed by atoms with Gasteiger partial charge in [0.1, 0.15) is 0 Å². The molecule has 0 amide bonds. The zero-order valence-electron chi connectivity index (χ0n) is 14.2. The summed E-state index contributed by atoms with van der Waals surface area (Å²) in [5.74, 6) is 0. The number of hydrogen-bond acceptors (Lipinski definition) is 2. The van der Waals surface area contributed by atoms with Crippen molar-refractivity contribution in [3.8, 4) is 0 Å². The van der Waals surface area contributed by atoms with Gasteiger partial charge in [0, 0.05) is 12.1 Å². The molecule has 118 valence electrons. The first-order chi connectivity index (χ1) is 10.0. The largest absolute Gasteiger partial charge is 0.379 e. The van der Waals surface area contributed by atoms with Crippen molar-refractivity contribution in [3.05, 3.63) is 11.4 Å². The van der Waals surface area contributed by atoms with Gasteiger partial charge in [-0.25, -0.2) is 0 Å². The smallest absolute Gasteiger partial charge is 0.0828 e. The predicted octanol–water partition coefficient (Wildman–Crippen LogP) is 5.00. The lowest BCUT2D eigenvalue weighted by molar-refractivity contribution is 0.188. The Kier molecular flexibility index (Phi) is 4.02. The Balaban J connectivity index is 1.65. The Bertz CT molecular complexity index is 485. The third-order valence-corrected chi connectivity index (χ3v) is 5.87. The lowest BCUT2D eigenvalue weighted by Crippen LogP contribution is -2.32. The van der Waals surface area contributed by atoms with Crippen molar-refractivity contribution in [1.29, 1.82) is 0 Å². The fraction of sp³-hybridized carbons (Fsp3) is 0.833. The molecule has 2 fully saturated rings. The van der Waals surface area contributed by atoms with Crippen LogP contribution in [-0.2, 0) is 0 Å². The van der Waals surface area contributed by atoms with Gasteiger partial charge in [0.15, 0.2) is 0 Å². The molecule has 1 heterocycles. The fourth-order valence-electron chi connectivity index (χ4n) is 4.58. The van der Waals surface area contributed by atoms with Gasteiger partial charge in [0.05, 0.1) is 17.1 Å². The normalized spacial score (nSPS) is 22.3. The van der Waals surface area contributed by atoms with Crippen molar-refractivity contribution in [2.45, 2.75) is 91.1 Å². The maximum absolute atomic E-state index is 4.70. The molecule has 0 unspecified atom stereocenters. The van der Waals surface area contributed by atoms with Crippen molar-refractivity contribution in [3.63, 3.8) is 0 Å². The molecule has 2 aliphatic carbocycles. The fourth-order valence-corrected chi connectivity index (χ4v) is 4.58. The number of hydrogen-bond donors (Lipinski definition) is 1. The standard InChI is InChI=1S/C18H31N3/c1-13(2)21-15(4)17(14(3)20-21)19-16-7-11-18(12-8-16)9-5-6-10-18/h13,16,19H,5-12H2,1-4H3. The molecule has 3 rings (SSSR count). The molecule has 0 saturated heterocycles. The summed E-state index contributed by atoms with van der Waals surface area (Å²) in [6, 6.07) is 1.09. The van der Waals surface area contributed by atoms with Crippen LogP contribution in [0.25, 0.3) is 0 Å². The van der Waals surface area contributed by atoms with Crippen LogP contribution in [0.2, 0.25) is 0 Å². The highest BCUT2D eigenvalue weighted by molar-refractivity contribution is 5.53. The van der Waals surface area contributed by atoms with E-state index in [0.29, 0.717) is 12.1 Å². The van der Waals surface area contributed by atoms with Gasteiger partial charge in [-0.05, 0) is 71.6 Å². The molecule has 0 aromatic carbocycles. The molecule has 1 N–H and O–H groups in total. The molecule has 2 saturated carbocycles. The van der Waals surface area contributed by atoms with Crippen molar-refractivity contribution in [1.82, 2.24) is 9.78 Å². The number of aromatic nitrogens is 2. The van der Waals surface area contributed by atoms with E-state index in [2.05, 4.69) is 37.7 Å². The first-order valence-electron chi connectivity index (χ1n) is 8.83. The van der Waals surface area contributed by atoms with Crippen LogP contribution in [0.15, 0.2) is 0 Å². The molecule has 1 aromatic heterocycles. The van der Waals surface area contributed by atoms with Crippen LogP contribution in [0.1, 0.15) is 82.6 Å². The Labute approximate surface area is 129 Å². The highest BCUT2D eigenvalue weighted by Gasteiger charge is 2.37. The molecule has 0 aliphatic heterocycles. The SMILES string of the molecule is Cc1nn(C(C)C)c(C)c1NC1CCC2(CCCC2)CC1. The second-order valence-corrected chi connectivity index (χ2v) is 7.71. The van der Waals surface area contributed by atoms with E-state index in [1.165, 1.54) is 62.7 Å². The zero-order chi connectivity index (χ0) is 15.0. The van der Waals surface area contributed by atoms with E-state index in [9.17, 15) is 0 Å². The molecule has 3 heteroatoms. The Hall–Kier alpha value is -0.990. The van der Waals surface area contributed by atoms with Gasteiger partial charge in [0.2, 0.25) is 0 Å². The lowest BCUT2D eigenvalue weighted by Gasteiger charge is -2.38. The Morgan fingerprint density at radius 2 is 1.71 bits per heavy atom. The van der Waals surface area contributed by atoms with Crippen molar-refractivity contribution in [2.24, 2.45) is 5.41 Å². The molecule has 0 atom stereocenters. The van der Waals surface area contributed by atoms with Crippen LogP contribution in [-0.4, -0.2) is 15.8 Å². The summed E-state index contributed by atoms with van der Waals surface area (Å²) < 4.78 is 2.15. The molecular weight excluding hydrogens is 258 g/mol. The number of rotatable bonds is 3. The minimum absolute atomic E-state index is 0.437. The van der Waals surface area contributed by atoms with Gasteiger partial charge in [-0.15, -0.1) is 0 Å². The summed E-state index contributed by atoms with van der Waals surface area (Å²) in [6.07, 6.45) is 11.5. The third-order valence-electron chi connectivity index (χ3n) is 5.87. The van der Waals surface area contributed by atoms with Crippen LogP contribution in [0.5, 0.6) is 0 Å². The van der Waals surface area contributed by atoms with Gasteiger partial charge in [-0.3, -0.25) is 4.68 Å². The highest BCUT2D eigenvalue weighted by atomic mass is 15.3. The van der Waals surface area contributed by atoms with Crippen molar-refractivity contribution in [2.75, 3.05) is 5.32 Å². The molecule has 2 aliphatic rings. The minimum Gasteiger partial charge on any atom is -0.379 e. The van der Waals surface area contributed by atoms with E-state index in [1.807, 2.05) is 0 Å². The van der Waals surface area contributed by atoms with Crippen LogP contribution >= 0.6 is 0 Å². The zero-order valence-corrected chi connectivity index (χ0v) is 14.2. The first-order valence-corrected chi connectivity index (χ1v) is 8.83. The van der Waals surface area contributed by atoms with Gasteiger partial charge in [0.25, 0.3) is 0 Å². The maximum Gasteiger partial charge on any atom is 0.0828 e. The van der Waals surface area contributed by atoms with Gasteiger partial charge in [-0.2, -0.15) is 5.10 Å². The first kappa shape index (κ1) is 14.9. The summed E-state index contributed by atoms with van der Waals surface area (Å²) in [5.41, 5.74) is 4.46. The minimum atomic E-state index is 0.437. The van der Waals surface area contributed by atoms with Gasteiger partial charge in [-0.1, -0.05) is 12.8 Å². The molecule has 21 heavy (non-hydrogen) atoms. The van der Waals surface area contributed by atoms with Crippen LogP contribution in [0, 0.1) is 19.3 Å². The number of anilines is 1. The van der Waals surface area contributed by atoms with Crippen LogP contribution < -0.4 is 5.32 Å². The summed E-state index contributed by atoms with van der Waals surface area (Å²) in [6.45, 7) is 8.74. The second-order valence-electron chi connectivity index (χ2n) is 7.71. The molecule has 0 radical (unpaired) electrons. The van der Waals surface area contributed by atoms with E-state index in [4.69, 9.17) is 5.10 Å². The number of nitrogens with one attached hydrogen (secondary N) is 1. The second kappa shape index (κ2) is 5.66.